The van der Waals surface area contributed by atoms with Gasteiger partial charge in [-0.1, -0.05) is 0 Å². The number of hydrogen-bond donors (Lipinski definition) is 5. The van der Waals surface area contributed by atoms with Crippen molar-refractivity contribution in [3.8, 4) is 0 Å². The molecule has 22 heavy (non-hydrogen) atoms. The number of nitrogen functional groups attached to an aromatic ring is 2. The van der Waals surface area contributed by atoms with E-state index >= 15 is 0 Å². The van der Waals surface area contributed by atoms with Gasteiger partial charge in [-0.25, -0.2) is 4.79 Å². The molecule has 0 amide bonds. The van der Waals surface area contributed by atoms with Gasteiger partial charge in [0, 0.05) is 29.3 Å². The van der Waals surface area contributed by atoms with Gasteiger partial charge in [0.1, 0.15) is 6.04 Å². The van der Waals surface area contributed by atoms with Crippen LogP contribution in [0.3, 0.4) is 0 Å². The Kier molecular flexibility index (Phi) is 5.08. The summed E-state index contributed by atoms with van der Waals surface area (Å²) in [4.78, 5) is 11.3. The largest absolute Gasteiger partial charge is 0.480 e. The second kappa shape index (κ2) is 7.21. The summed E-state index contributed by atoms with van der Waals surface area (Å²) in [5.74, 6) is -0.893. The maximum atomic E-state index is 11.3. The number of rotatable bonds is 7. The predicted molar refractivity (Wildman–Crippen MR) is 89.9 cm³/mol. The van der Waals surface area contributed by atoms with E-state index in [1.165, 1.54) is 0 Å². The van der Waals surface area contributed by atoms with Gasteiger partial charge >= 0.3 is 5.97 Å². The van der Waals surface area contributed by atoms with Crippen molar-refractivity contribution in [2.45, 2.75) is 12.5 Å². The monoisotopic (exact) mass is 300 g/mol. The van der Waals surface area contributed by atoms with Gasteiger partial charge in [-0.3, -0.25) is 0 Å². The maximum absolute atomic E-state index is 11.3. The number of aliphatic carboxylic acids is 1. The molecule has 0 saturated carbocycles. The van der Waals surface area contributed by atoms with Crippen LogP contribution in [0.1, 0.15) is 6.42 Å². The quantitative estimate of drug-likeness (QED) is 0.501. The van der Waals surface area contributed by atoms with Crippen molar-refractivity contribution in [1.29, 1.82) is 0 Å². The van der Waals surface area contributed by atoms with Crippen LogP contribution in [0, 0.1) is 0 Å². The SMILES string of the molecule is Nc1ccc(NCCC(Nc2ccc(N)cc2)C(=O)O)cc1. The molecule has 0 aromatic heterocycles. The first-order valence-electron chi connectivity index (χ1n) is 6.99. The van der Waals surface area contributed by atoms with Gasteiger partial charge in [0.25, 0.3) is 0 Å². The lowest BCUT2D eigenvalue weighted by atomic mass is 10.2. The van der Waals surface area contributed by atoms with E-state index < -0.39 is 12.0 Å². The summed E-state index contributed by atoms with van der Waals surface area (Å²) in [6.07, 6.45) is 0.435. The molecule has 0 fully saturated rings. The van der Waals surface area contributed by atoms with Crippen molar-refractivity contribution in [3.05, 3.63) is 48.5 Å². The van der Waals surface area contributed by atoms with E-state index in [0.29, 0.717) is 24.3 Å². The third-order valence-corrected chi connectivity index (χ3v) is 3.22. The molecule has 6 nitrogen and oxygen atoms in total. The molecule has 0 saturated heterocycles. The summed E-state index contributed by atoms with van der Waals surface area (Å²) in [5.41, 5.74) is 14.2. The molecule has 2 rings (SSSR count). The zero-order valence-corrected chi connectivity index (χ0v) is 12.1. The Bertz CT molecular complexity index is 611. The molecule has 6 heteroatoms. The summed E-state index contributed by atoms with van der Waals surface area (Å²) < 4.78 is 0. The van der Waals surface area contributed by atoms with Gasteiger partial charge in [0.15, 0.2) is 0 Å². The lowest BCUT2D eigenvalue weighted by Gasteiger charge is -2.16. The number of carboxylic acid groups (broad SMARTS) is 1. The molecule has 116 valence electrons. The second-order valence-electron chi connectivity index (χ2n) is 4.99. The van der Waals surface area contributed by atoms with Crippen LogP contribution in [0.4, 0.5) is 22.7 Å². The molecule has 1 unspecified atom stereocenters. The fourth-order valence-corrected chi connectivity index (χ4v) is 2.00. The number of nitrogens with two attached hydrogens (primary N) is 2. The van der Waals surface area contributed by atoms with Crippen molar-refractivity contribution in [2.75, 3.05) is 28.6 Å². The number of nitrogens with one attached hydrogen (secondary N) is 2. The Morgan fingerprint density at radius 3 is 1.95 bits per heavy atom. The first-order chi connectivity index (χ1) is 10.5. The summed E-state index contributed by atoms with van der Waals surface area (Å²) in [5, 5.41) is 15.5. The van der Waals surface area contributed by atoms with Crippen LogP contribution in [0.2, 0.25) is 0 Å². The minimum atomic E-state index is -0.893. The number of hydrogen-bond acceptors (Lipinski definition) is 5. The van der Waals surface area contributed by atoms with Crippen molar-refractivity contribution in [1.82, 2.24) is 0 Å². The van der Waals surface area contributed by atoms with Gasteiger partial charge in [-0.15, -0.1) is 0 Å². The molecule has 0 bridgehead atoms. The molecule has 0 aliphatic heterocycles. The molecule has 0 aliphatic carbocycles. The zero-order valence-electron chi connectivity index (χ0n) is 12.1. The summed E-state index contributed by atoms with van der Waals surface area (Å²) in [7, 11) is 0. The van der Waals surface area contributed by atoms with Crippen molar-refractivity contribution in [2.24, 2.45) is 0 Å². The third kappa shape index (κ3) is 4.59. The standard InChI is InChI=1S/C16H20N4O2/c17-11-1-5-13(6-2-11)19-10-9-15(16(21)22)20-14-7-3-12(18)4-8-14/h1-8,15,19-20H,9-10,17-18H2,(H,21,22). The summed E-state index contributed by atoms with van der Waals surface area (Å²) >= 11 is 0. The van der Waals surface area contributed by atoms with Gasteiger partial charge < -0.3 is 27.2 Å². The third-order valence-electron chi connectivity index (χ3n) is 3.22. The Morgan fingerprint density at radius 1 is 0.955 bits per heavy atom. The van der Waals surface area contributed by atoms with Crippen LogP contribution in [0.5, 0.6) is 0 Å². The Balaban J connectivity index is 1.87. The first-order valence-corrected chi connectivity index (χ1v) is 6.99. The number of benzene rings is 2. The molecule has 7 N–H and O–H groups in total. The lowest BCUT2D eigenvalue weighted by molar-refractivity contribution is -0.138. The summed E-state index contributed by atoms with van der Waals surface area (Å²) in [6, 6.07) is 13.6. The molecule has 0 heterocycles. The van der Waals surface area contributed by atoms with E-state index in [2.05, 4.69) is 10.6 Å². The molecule has 2 aromatic carbocycles. The molecule has 0 radical (unpaired) electrons. The minimum Gasteiger partial charge on any atom is -0.480 e. The second-order valence-corrected chi connectivity index (χ2v) is 4.99. The van der Waals surface area contributed by atoms with E-state index in [1.807, 2.05) is 12.1 Å². The van der Waals surface area contributed by atoms with Gasteiger partial charge in [-0.05, 0) is 55.0 Å². The van der Waals surface area contributed by atoms with E-state index in [9.17, 15) is 9.90 Å². The minimum absolute atomic E-state index is 0.435. The normalized spacial score (nSPS) is 11.6. The lowest BCUT2D eigenvalue weighted by Crippen LogP contribution is -2.31. The summed E-state index contributed by atoms with van der Waals surface area (Å²) in [6.45, 7) is 0.531. The molecule has 1 atom stereocenters. The van der Waals surface area contributed by atoms with Gasteiger partial charge in [-0.2, -0.15) is 0 Å². The fourth-order valence-electron chi connectivity index (χ4n) is 2.00. The number of anilines is 4. The molecule has 2 aromatic rings. The van der Waals surface area contributed by atoms with Crippen LogP contribution < -0.4 is 22.1 Å². The van der Waals surface area contributed by atoms with Crippen LogP contribution in [-0.4, -0.2) is 23.7 Å². The van der Waals surface area contributed by atoms with E-state index in [4.69, 9.17) is 11.5 Å². The number of carboxylic acids is 1. The fraction of sp³-hybridized carbons (Fsp3) is 0.188. The Morgan fingerprint density at radius 2 is 1.45 bits per heavy atom. The van der Waals surface area contributed by atoms with Crippen molar-refractivity contribution in [3.63, 3.8) is 0 Å². The Hall–Kier alpha value is -2.89. The molecular formula is C16H20N4O2. The highest BCUT2D eigenvalue weighted by Crippen LogP contribution is 2.14. The molecule has 0 aliphatic rings. The highest BCUT2D eigenvalue weighted by atomic mass is 16.4. The van der Waals surface area contributed by atoms with Crippen LogP contribution in [0.15, 0.2) is 48.5 Å². The highest BCUT2D eigenvalue weighted by Gasteiger charge is 2.16. The average molecular weight is 300 g/mol. The maximum Gasteiger partial charge on any atom is 0.326 e. The highest BCUT2D eigenvalue weighted by molar-refractivity contribution is 5.77. The Labute approximate surface area is 129 Å². The topological polar surface area (TPSA) is 113 Å². The number of carbonyl (C=O) groups is 1. The smallest absolute Gasteiger partial charge is 0.326 e. The van der Waals surface area contributed by atoms with Gasteiger partial charge in [0.2, 0.25) is 0 Å². The average Bonchev–Trinajstić information content (AvgIpc) is 2.50. The van der Waals surface area contributed by atoms with E-state index in [1.54, 1.807) is 36.4 Å². The molecule has 0 spiro atoms. The molecular weight excluding hydrogens is 280 g/mol. The van der Waals surface area contributed by atoms with E-state index in [-0.39, 0.29) is 0 Å². The first kappa shape index (κ1) is 15.5. The van der Waals surface area contributed by atoms with Crippen molar-refractivity contribution < 1.29 is 9.90 Å². The van der Waals surface area contributed by atoms with Gasteiger partial charge in [0.05, 0.1) is 0 Å². The van der Waals surface area contributed by atoms with Crippen LogP contribution >= 0.6 is 0 Å². The van der Waals surface area contributed by atoms with E-state index in [0.717, 1.165) is 11.4 Å². The van der Waals surface area contributed by atoms with Crippen LogP contribution in [0.25, 0.3) is 0 Å². The zero-order chi connectivity index (χ0) is 15.9. The van der Waals surface area contributed by atoms with Crippen molar-refractivity contribution >= 4 is 28.7 Å². The van der Waals surface area contributed by atoms with Crippen LogP contribution in [-0.2, 0) is 4.79 Å². The predicted octanol–water partition coefficient (Wildman–Crippen LogP) is 2.22.